The van der Waals surface area contributed by atoms with Gasteiger partial charge in [0.2, 0.25) is 0 Å². The molecule has 0 saturated heterocycles. The molecule has 22 heavy (non-hydrogen) atoms. The molecule has 0 fully saturated rings. The molecule has 3 heteroatoms. The zero-order valence-electron chi connectivity index (χ0n) is 13.2. The maximum absolute atomic E-state index is 12.7. The fraction of sp³-hybridized carbons (Fsp3) is 0.211. The number of rotatable bonds is 3. The highest BCUT2D eigenvalue weighted by Crippen LogP contribution is 2.23. The molecule has 1 amide bonds. The molecule has 1 N–H and O–H groups in total. The molecule has 0 aliphatic carbocycles. The molecule has 0 radical (unpaired) electrons. The van der Waals surface area contributed by atoms with Gasteiger partial charge in [0.05, 0.1) is 0 Å². The molecule has 0 spiro atoms. The molecule has 2 aromatic carbocycles. The van der Waals surface area contributed by atoms with Gasteiger partial charge in [-0.25, -0.2) is 0 Å². The second-order valence-corrected chi connectivity index (χ2v) is 5.82. The summed E-state index contributed by atoms with van der Waals surface area (Å²) in [6.45, 7) is 4.66. The Bertz CT molecular complexity index is 818. The van der Waals surface area contributed by atoms with Gasteiger partial charge < -0.3 is 9.88 Å². The highest BCUT2D eigenvalue weighted by molar-refractivity contribution is 6.00. The van der Waals surface area contributed by atoms with Crippen molar-refractivity contribution in [3.8, 4) is 0 Å². The van der Waals surface area contributed by atoms with Crippen LogP contribution < -0.4 is 0 Å². The fourth-order valence-corrected chi connectivity index (χ4v) is 2.79. The summed E-state index contributed by atoms with van der Waals surface area (Å²) in [6, 6.07) is 16.3. The molecular formula is C19H20N2O. The van der Waals surface area contributed by atoms with E-state index in [2.05, 4.69) is 30.1 Å². The summed E-state index contributed by atoms with van der Waals surface area (Å²) in [5.74, 6) is 0.0233. The van der Waals surface area contributed by atoms with Crippen LogP contribution >= 0.6 is 0 Å². The summed E-state index contributed by atoms with van der Waals surface area (Å²) in [7, 11) is 1.84. The van der Waals surface area contributed by atoms with E-state index < -0.39 is 0 Å². The van der Waals surface area contributed by atoms with Crippen molar-refractivity contribution in [3.63, 3.8) is 0 Å². The van der Waals surface area contributed by atoms with Gasteiger partial charge in [-0.15, -0.1) is 0 Å². The van der Waals surface area contributed by atoms with Crippen LogP contribution in [0.15, 0.2) is 48.5 Å². The summed E-state index contributed by atoms with van der Waals surface area (Å²) < 4.78 is 0. The number of amides is 1. The van der Waals surface area contributed by atoms with E-state index in [4.69, 9.17) is 0 Å². The van der Waals surface area contributed by atoms with E-state index in [1.54, 1.807) is 4.90 Å². The molecule has 1 aromatic heterocycles. The van der Waals surface area contributed by atoms with Crippen molar-refractivity contribution in [1.82, 2.24) is 9.88 Å². The van der Waals surface area contributed by atoms with Gasteiger partial charge in [-0.1, -0.05) is 42.5 Å². The van der Waals surface area contributed by atoms with Gasteiger partial charge in [0.25, 0.3) is 5.91 Å². The first-order valence-corrected chi connectivity index (χ1v) is 7.44. The number of aryl methyl sites for hydroxylation is 2. The van der Waals surface area contributed by atoms with Crippen LogP contribution in [-0.4, -0.2) is 22.8 Å². The second-order valence-electron chi connectivity index (χ2n) is 5.82. The van der Waals surface area contributed by atoms with E-state index in [0.717, 1.165) is 22.0 Å². The average Bonchev–Trinajstić information content (AvgIpc) is 2.83. The Morgan fingerprint density at radius 2 is 1.82 bits per heavy atom. The summed E-state index contributed by atoms with van der Waals surface area (Å²) >= 11 is 0. The monoisotopic (exact) mass is 292 g/mol. The number of H-pyrrole nitrogens is 1. The van der Waals surface area contributed by atoms with Gasteiger partial charge in [0, 0.05) is 24.5 Å². The van der Waals surface area contributed by atoms with Crippen LogP contribution in [0.2, 0.25) is 0 Å². The molecule has 3 nitrogen and oxygen atoms in total. The number of benzene rings is 2. The highest BCUT2D eigenvalue weighted by Gasteiger charge is 2.18. The number of nitrogens with zero attached hydrogens (tertiary/aromatic N) is 1. The smallest absolute Gasteiger partial charge is 0.270 e. The maximum atomic E-state index is 12.7. The van der Waals surface area contributed by atoms with Crippen molar-refractivity contribution in [1.29, 1.82) is 0 Å². The molecule has 3 aromatic rings. The fourth-order valence-electron chi connectivity index (χ4n) is 2.79. The number of nitrogens with one attached hydrogen (secondary N) is 1. The number of carbonyl (C=O) groups is 1. The van der Waals surface area contributed by atoms with Crippen molar-refractivity contribution < 1.29 is 4.79 Å². The standard InChI is InChI=1S/C19H20N2O/c1-13-9-10-16-14(2)18(20-17(16)11-13)19(22)21(3)12-15-7-5-4-6-8-15/h4-11,20H,12H2,1-3H3. The largest absolute Gasteiger partial charge is 0.350 e. The number of hydrogen-bond acceptors (Lipinski definition) is 1. The van der Waals surface area contributed by atoms with E-state index in [1.165, 1.54) is 5.56 Å². The minimum Gasteiger partial charge on any atom is -0.350 e. The normalized spacial score (nSPS) is 10.9. The van der Waals surface area contributed by atoms with Crippen molar-refractivity contribution in [2.75, 3.05) is 7.05 Å². The Labute approximate surface area is 130 Å². The van der Waals surface area contributed by atoms with Gasteiger partial charge in [0.1, 0.15) is 5.69 Å². The minimum atomic E-state index is 0.0233. The molecule has 1 heterocycles. The molecule has 0 aliphatic heterocycles. The van der Waals surface area contributed by atoms with Gasteiger partial charge in [-0.3, -0.25) is 4.79 Å². The third-order valence-corrected chi connectivity index (χ3v) is 4.04. The van der Waals surface area contributed by atoms with Crippen LogP contribution in [0, 0.1) is 13.8 Å². The number of fused-ring (bicyclic) bond motifs is 1. The molecule has 0 unspecified atom stereocenters. The average molecular weight is 292 g/mol. The van der Waals surface area contributed by atoms with Crippen LogP contribution in [0.4, 0.5) is 0 Å². The number of aromatic amines is 1. The lowest BCUT2D eigenvalue weighted by Crippen LogP contribution is -2.27. The zero-order valence-corrected chi connectivity index (χ0v) is 13.2. The summed E-state index contributed by atoms with van der Waals surface area (Å²) in [4.78, 5) is 17.7. The zero-order chi connectivity index (χ0) is 15.7. The topological polar surface area (TPSA) is 36.1 Å². The minimum absolute atomic E-state index is 0.0233. The Hall–Kier alpha value is -2.55. The number of aromatic nitrogens is 1. The third kappa shape index (κ3) is 2.62. The quantitative estimate of drug-likeness (QED) is 0.776. The van der Waals surface area contributed by atoms with Crippen LogP contribution in [0.25, 0.3) is 10.9 Å². The lowest BCUT2D eigenvalue weighted by molar-refractivity contribution is 0.0779. The van der Waals surface area contributed by atoms with Crippen molar-refractivity contribution in [2.45, 2.75) is 20.4 Å². The maximum Gasteiger partial charge on any atom is 0.270 e. The number of carbonyl (C=O) groups excluding carboxylic acids is 1. The first-order valence-electron chi connectivity index (χ1n) is 7.44. The second kappa shape index (κ2) is 5.68. The van der Waals surface area contributed by atoms with Gasteiger partial charge in [0.15, 0.2) is 0 Å². The molecule has 0 atom stereocenters. The van der Waals surface area contributed by atoms with E-state index in [-0.39, 0.29) is 5.91 Å². The Kier molecular flexibility index (Phi) is 3.72. The lowest BCUT2D eigenvalue weighted by Gasteiger charge is -2.17. The Morgan fingerprint density at radius 3 is 2.55 bits per heavy atom. The van der Waals surface area contributed by atoms with Crippen LogP contribution in [0.1, 0.15) is 27.2 Å². The SMILES string of the molecule is Cc1ccc2c(C)c(C(=O)N(C)Cc3ccccc3)[nH]c2c1. The molecule has 0 saturated carbocycles. The van der Waals surface area contributed by atoms with Gasteiger partial charge in [-0.2, -0.15) is 0 Å². The number of hydrogen-bond donors (Lipinski definition) is 1. The molecule has 0 bridgehead atoms. The summed E-state index contributed by atoms with van der Waals surface area (Å²) in [5, 5.41) is 1.11. The first-order chi connectivity index (χ1) is 10.6. The van der Waals surface area contributed by atoms with Crippen molar-refractivity contribution >= 4 is 16.8 Å². The van der Waals surface area contributed by atoms with Crippen molar-refractivity contribution in [3.05, 3.63) is 70.9 Å². The van der Waals surface area contributed by atoms with Crippen LogP contribution in [0.3, 0.4) is 0 Å². The molecule has 0 aliphatic rings. The lowest BCUT2D eigenvalue weighted by atomic mass is 10.1. The summed E-state index contributed by atoms with van der Waals surface area (Å²) in [6.07, 6.45) is 0. The van der Waals surface area contributed by atoms with Gasteiger partial charge in [-0.05, 0) is 36.6 Å². The van der Waals surface area contributed by atoms with Crippen LogP contribution in [0.5, 0.6) is 0 Å². The Balaban J connectivity index is 1.90. The molecule has 3 rings (SSSR count). The summed E-state index contributed by atoms with van der Waals surface area (Å²) in [5.41, 5.74) is 5.03. The van der Waals surface area contributed by atoms with E-state index in [9.17, 15) is 4.79 Å². The molecular weight excluding hydrogens is 272 g/mol. The van der Waals surface area contributed by atoms with E-state index >= 15 is 0 Å². The highest BCUT2D eigenvalue weighted by atomic mass is 16.2. The predicted octanol–water partition coefficient (Wildman–Crippen LogP) is 4.06. The first kappa shape index (κ1) is 14.4. The van der Waals surface area contributed by atoms with E-state index in [1.807, 2.05) is 44.3 Å². The molecule has 112 valence electrons. The van der Waals surface area contributed by atoms with Crippen molar-refractivity contribution in [2.24, 2.45) is 0 Å². The Morgan fingerprint density at radius 1 is 1.09 bits per heavy atom. The third-order valence-electron chi connectivity index (χ3n) is 4.04. The van der Waals surface area contributed by atoms with Gasteiger partial charge >= 0.3 is 0 Å². The van der Waals surface area contributed by atoms with Crippen LogP contribution in [-0.2, 0) is 6.54 Å². The van der Waals surface area contributed by atoms with E-state index in [0.29, 0.717) is 12.2 Å². The predicted molar refractivity (Wildman–Crippen MR) is 90.0 cm³/mol.